The number of halogens is 1. The Morgan fingerprint density at radius 1 is 1.16 bits per heavy atom. The number of hydrogen-bond donors (Lipinski definition) is 1. The lowest BCUT2D eigenvalue weighted by Crippen LogP contribution is -2.37. The quantitative estimate of drug-likeness (QED) is 0.576. The fraction of sp³-hybridized carbons (Fsp3) is 0.458. The molecule has 4 rings (SSSR count). The van der Waals surface area contributed by atoms with Crippen molar-refractivity contribution in [3.63, 3.8) is 0 Å². The van der Waals surface area contributed by atoms with Gasteiger partial charge in [0.05, 0.1) is 29.8 Å². The first-order chi connectivity index (χ1) is 15.5. The van der Waals surface area contributed by atoms with E-state index in [1.165, 1.54) is 0 Å². The summed E-state index contributed by atoms with van der Waals surface area (Å²) in [6.07, 6.45) is 8.79. The van der Waals surface area contributed by atoms with Crippen molar-refractivity contribution >= 4 is 22.5 Å². The Bertz CT molecular complexity index is 1080. The van der Waals surface area contributed by atoms with Gasteiger partial charge in [0.25, 0.3) is 0 Å². The number of nitrogens with zero attached hydrogens (tertiary/aromatic N) is 5. The smallest absolute Gasteiger partial charge is 0.145 e. The van der Waals surface area contributed by atoms with Gasteiger partial charge in [-0.3, -0.25) is 19.7 Å². The molecule has 7 nitrogen and oxygen atoms in total. The molecule has 0 saturated carbocycles. The third kappa shape index (κ3) is 5.43. The van der Waals surface area contributed by atoms with E-state index in [0.717, 1.165) is 59.6 Å². The van der Waals surface area contributed by atoms with Crippen LogP contribution in [0.5, 0.6) is 0 Å². The highest BCUT2D eigenvalue weighted by atomic mass is 19.1. The van der Waals surface area contributed by atoms with Crippen LogP contribution in [0, 0.1) is 5.92 Å². The summed E-state index contributed by atoms with van der Waals surface area (Å²) >= 11 is 0. The summed E-state index contributed by atoms with van der Waals surface area (Å²) in [4.78, 5) is 32.8. The van der Waals surface area contributed by atoms with Crippen LogP contribution in [-0.4, -0.2) is 63.0 Å². The molecule has 0 bridgehead atoms. The lowest BCUT2D eigenvalue weighted by molar-refractivity contribution is -0.123. The van der Waals surface area contributed by atoms with Crippen LogP contribution in [0.3, 0.4) is 0 Å². The molecule has 8 heteroatoms. The van der Waals surface area contributed by atoms with E-state index in [1.807, 2.05) is 12.1 Å². The van der Waals surface area contributed by atoms with E-state index in [2.05, 4.69) is 44.0 Å². The molecule has 32 heavy (non-hydrogen) atoms. The zero-order chi connectivity index (χ0) is 22.5. The number of carbonyl (C=O) groups is 1. The summed E-state index contributed by atoms with van der Waals surface area (Å²) < 4.78 is 12.5. The first kappa shape index (κ1) is 22.2. The van der Waals surface area contributed by atoms with Gasteiger partial charge in [0.15, 0.2) is 0 Å². The molecule has 3 aromatic rings. The first-order valence-electron chi connectivity index (χ1n) is 11.2. The number of hydrogen-bond acceptors (Lipinski definition) is 7. The van der Waals surface area contributed by atoms with Crippen LogP contribution in [0.2, 0.25) is 0 Å². The highest BCUT2D eigenvalue weighted by Gasteiger charge is 2.25. The standard InChI is InChI=1S/C24H29FN6O/c1-16(2)29-24-15-26-13-22(30-24)19-9-18-10-20(27-14-21(18)28-12-19)11-23(32)17-3-6-31(7-4-17)8-5-25/h9-10,12-17H,3-8,11H2,1-2H3,(H,29,30). The number of nitrogens with one attached hydrogen (secondary N) is 1. The second kappa shape index (κ2) is 10.1. The predicted molar refractivity (Wildman–Crippen MR) is 123 cm³/mol. The van der Waals surface area contributed by atoms with Gasteiger partial charge >= 0.3 is 0 Å². The minimum atomic E-state index is -0.334. The molecule has 1 fully saturated rings. The number of ketones is 1. The molecule has 0 amide bonds. The molecule has 1 saturated heterocycles. The average Bonchev–Trinajstić information content (AvgIpc) is 2.79. The van der Waals surface area contributed by atoms with Crippen molar-refractivity contribution in [1.29, 1.82) is 0 Å². The van der Waals surface area contributed by atoms with Crippen LogP contribution in [0.25, 0.3) is 22.2 Å². The summed E-state index contributed by atoms with van der Waals surface area (Å²) in [6.45, 7) is 5.79. The number of anilines is 1. The van der Waals surface area contributed by atoms with Crippen LogP contribution >= 0.6 is 0 Å². The minimum Gasteiger partial charge on any atom is -0.367 e. The molecule has 0 unspecified atom stereocenters. The lowest BCUT2D eigenvalue weighted by Gasteiger charge is -2.30. The maximum absolute atomic E-state index is 12.8. The maximum atomic E-state index is 12.8. The predicted octanol–water partition coefficient (Wildman–Crippen LogP) is 3.70. The van der Waals surface area contributed by atoms with Crippen molar-refractivity contribution in [2.75, 3.05) is 31.6 Å². The van der Waals surface area contributed by atoms with Crippen molar-refractivity contribution in [3.8, 4) is 11.3 Å². The lowest BCUT2D eigenvalue weighted by atomic mass is 9.90. The monoisotopic (exact) mass is 436 g/mol. The molecular weight excluding hydrogens is 407 g/mol. The van der Waals surface area contributed by atoms with Gasteiger partial charge in [0.1, 0.15) is 18.3 Å². The molecular formula is C24H29FN6O. The maximum Gasteiger partial charge on any atom is 0.145 e. The second-order valence-electron chi connectivity index (χ2n) is 8.63. The summed E-state index contributed by atoms with van der Waals surface area (Å²) in [7, 11) is 0. The van der Waals surface area contributed by atoms with E-state index in [1.54, 1.807) is 24.8 Å². The van der Waals surface area contributed by atoms with E-state index >= 15 is 0 Å². The van der Waals surface area contributed by atoms with Crippen molar-refractivity contribution in [1.82, 2.24) is 24.8 Å². The number of piperidine rings is 1. The van der Waals surface area contributed by atoms with Gasteiger partial charge in [-0.05, 0) is 51.9 Å². The van der Waals surface area contributed by atoms with E-state index in [0.29, 0.717) is 13.0 Å². The second-order valence-corrected chi connectivity index (χ2v) is 8.63. The molecule has 0 atom stereocenters. The van der Waals surface area contributed by atoms with Gasteiger partial charge in [-0.2, -0.15) is 0 Å². The number of alkyl halides is 1. The summed E-state index contributed by atoms with van der Waals surface area (Å²) in [5.74, 6) is 0.953. The third-order valence-corrected chi connectivity index (χ3v) is 5.79. The highest BCUT2D eigenvalue weighted by molar-refractivity contribution is 5.86. The van der Waals surface area contributed by atoms with E-state index in [-0.39, 0.29) is 24.4 Å². The Kier molecular flexibility index (Phi) is 6.99. The van der Waals surface area contributed by atoms with Gasteiger partial charge in [-0.1, -0.05) is 0 Å². The zero-order valence-corrected chi connectivity index (χ0v) is 18.6. The van der Waals surface area contributed by atoms with Gasteiger partial charge in [0.2, 0.25) is 0 Å². The summed E-state index contributed by atoms with van der Waals surface area (Å²) in [5, 5.41) is 4.18. The molecule has 1 N–H and O–H groups in total. The van der Waals surface area contributed by atoms with Crippen LogP contribution in [0.15, 0.2) is 36.9 Å². The topological polar surface area (TPSA) is 83.9 Å². The molecule has 3 aromatic heterocycles. The fourth-order valence-corrected chi connectivity index (χ4v) is 4.10. The molecule has 168 valence electrons. The number of pyridine rings is 2. The number of fused-ring (bicyclic) bond motifs is 1. The highest BCUT2D eigenvalue weighted by Crippen LogP contribution is 2.24. The molecule has 0 spiro atoms. The normalized spacial score (nSPS) is 15.4. The Morgan fingerprint density at radius 2 is 1.97 bits per heavy atom. The Hall–Kier alpha value is -3.00. The molecule has 4 heterocycles. The molecule has 0 radical (unpaired) electrons. The van der Waals surface area contributed by atoms with Crippen molar-refractivity contribution in [3.05, 3.63) is 42.6 Å². The molecule has 0 aliphatic carbocycles. The van der Waals surface area contributed by atoms with E-state index in [9.17, 15) is 9.18 Å². The van der Waals surface area contributed by atoms with Gasteiger partial charge < -0.3 is 10.2 Å². The Balaban J connectivity index is 1.48. The number of rotatable bonds is 8. The number of likely N-dealkylation sites (tertiary alicyclic amines) is 1. The third-order valence-electron chi connectivity index (χ3n) is 5.79. The van der Waals surface area contributed by atoms with Gasteiger partial charge in [0, 0.05) is 47.8 Å². The van der Waals surface area contributed by atoms with Crippen LogP contribution < -0.4 is 5.32 Å². The van der Waals surface area contributed by atoms with Crippen molar-refractivity contribution in [2.45, 2.75) is 39.2 Å². The SMILES string of the molecule is CC(C)Nc1cncc(-c2cnc3cnc(CC(=O)C4CCN(CCF)CC4)cc3c2)n1. The van der Waals surface area contributed by atoms with E-state index in [4.69, 9.17) is 0 Å². The molecule has 1 aliphatic heterocycles. The summed E-state index contributed by atoms with van der Waals surface area (Å²) in [5.41, 5.74) is 3.11. The average molecular weight is 437 g/mol. The van der Waals surface area contributed by atoms with Crippen molar-refractivity contribution in [2.24, 2.45) is 5.92 Å². The number of aromatic nitrogens is 4. The Morgan fingerprint density at radius 3 is 2.72 bits per heavy atom. The zero-order valence-electron chi connectivity index (χ0n) is 18.6. The number of carbonyl (C=O) groups excluding carboxylic acids is 1. The van der Waals surface area contributed by atoms with Crippen LogP contribution in [-0.2, 0) is 11.2 Å². The fourth-order valence-electron chi connectivity index (χ4n) is 4.10. The van der Waals surface area contributed by atoms with Crippen LogP contribution in [0.1, 0.15) is 32.4 Å². The van der Waals surface area contributed by atoms with Gasteiger partial charge in [-0.25, -0.2) is 9.37 Å². The largest absolute Gasteiger partial charge is 0.367 e. The first-order valence-corrected chi connectivity index (χ1v) is 11.2. The van der Waals surface area contributed by atoms with Gasteiger partial charge in [-0.15, -0.1) is 0 Å². The Labute approximate surface area is 187 Å². The minimum absolute atomic E-state index is 0.0271. The van der Waals surface area contributed by atoms with E-state index < -0.39 is 0 Å². The summed E-state index contributed by atoms with van der Waals surface area (Å²) in [6, 6.07) is 4.21. The van der Waals surface area contributed by atoms with Crippen molar-refractivity contribution < 1.29 is 9.18 Å². The molecule has 0 aromatic carbocycles. The number of Topliss-reactive ketones (excluding diaryl/α,β-unsaturated/α-hetero) is 1. The molecule has 1 aliphatic rings. The van der Waals surface area contributed by atoms with Crippen LogP contribution in [0.4, 0.5) is 10.2 Å².